The highest BCUT2D eigenvalue weighted by atomic mass is 32.1. The molecule has 1 spiro atoms. The number of aryl methyl sites for hydroxylation is 1. The first-order valence-corrected chi connectivity index (χ1v) is 6.87. The van der Waals surface area contributed by atoms with E-state index in [1.165, 1.54) is 0 Å². The number of hydrogen-bond donors (Lipinski definition) is 1. The molecule has 1 saturated heterocycles. The van der Waals surface area contributed by atoms with Gasteiger partial charge in [0.05, 0.1) is 23.1 Å². The predicted octanol–water partition coefficient (Wildman–Crippen LogP) is 1.96. The molecule has 1 aromatic heterocycles. The molecule has 5 heteroatoms. The molecule has 3 rings (SSSR count). The van der Waals surface area contributed by atoms with Crippen LogP contribution in [0, 0.1) is 6.92 Å². The summed E-state index contributed by atoms with van der Waals surface area (Å²) in [6.07, 6.45) is 4.71. The molecule has 4 nitrogen and oxygen atoms in total. The lowest BCUT2D eigenvalue weighted by Crippen LogP contribution is -2.41. The van der Waals surface area contributed by atoms with Crippen LogP contribution in [0.15, 0.2) is 6.20 Å². The van der Waals surface area contributed by atoms with Crippen molar-refractivity contribution in [1.82, 2.24) is 4.98 Å². The predicted molar refractivity (Wildman–Crippen MR) is 63.9 cm³/mol. The first-order chi connectivity index (χ1) is 8.12. The summed E-state index contributed by atoms with van der Waals surface area (Å²) in [5.74, 6) is -0.411. The normalized spacial score (nSPS) is 26.5. The zero-order chi connectivity index (χ0) is 11.9. The first kappa shape index (κ1) is 11.6. The monoisotopic (exact) mass is 255 g/mol. The van der Waals surface area contributed by atoms with Crippen LogP contribution in [0.3, 0.4) is 0 Å². The Kier molecular flexibility index (Phi) is 2.74. The van der Waals surface area contributed by atoms with E-state index in [2.05, 4.69) is 4.98 Å². The van der Waals surface area contributed by atoms with E-state index in [0.717, 1.165) is 22.7 Å². The molecular weight excluding hydrogens is 238 g/mol. The second-order valence-corrected chi connectivity index (χ2v) is 6.12. The van der Waals surface area contributed by atoms with E-state index in [1.54, 1.807) is 17.5 Å². The average molecular weight is 255 g/mol. The van der Waals surface area contributed by atoms with Crippen molar-refractivity contribution in [2.45, 2.75) is 44.0 Å². The molecule has 0 radical (unpaired) electrons. The van der Waals surface area contributed by atoms with Gasteiger partial charge in [0.25, 0.3) is 0 Å². The molecule has 2 fully saturated rings. The second kappa shape index (κ2) is 4.02. The standard InChI is InChI=1S/C12H17NO3S/c1-9-13-8-10(17-9)11(14)2-4-12(5-3-11)15-6-7-16-12/h8,14H,2-7H2,1H3. The Labute approximate surface area is 105 Å². The van der Waals surface area contributed by atoms with Crippen molar-refractivity contribution in [2.75, 3.05) is 13.2 Å². The smallest absolute Gasteiger partial charge is 0.168 e. The fraction of sp³-hybridized carbons (Fsp3) is 0.750. The highest BCUT2D eigenvalue weighted by molar-refractivity contribution is 7.11. The Hall–Kier alpha value is -0.490. The van der Waals surface area contributed by atoms with Gasteiger partial charge in [-0.1, -0.05) is 0 Å². The molecule has 1 saturated carbocycles. The van der Waals surface area contributed by atoms with Crippen molar-refractivity contribution in [2.24, 2.45) is 0 Å². The Balaban J connectivity index is 1.75. The van der Waals surface area contributed by atoms with Crippen molar-refractivity contribution >= 4 is 11.3 Å². The summed E-state index contributed by atoms with van der Waals surface area (Å²) in [6.45, 7) is 3.32. The third-order valence-electron chi connectivity index (χ3n) is 3.73. The molecule has 0 unspecified atom stereocenters. The number of aromatic nitrogens is 1. The summed E-state index contributed by atoms with van der Waals surface area (Å²) < 4.78 is 11.3. The highest BCUT2D eigenvalue weighted by Gasteiger charge is 2.46. The topological polar surface area (TPSA) is 51.6 Å². The first-order valence-electron chi connectivity index (χ1n) is 6.05. The fourth-order valence-corrected chi connectivity index (χ4v) is 3.58. The molecule has 0 aromatic carbocycles. The van der Waals surface area contributed by atoms with Crippen LogP contribution >= 0.6 is 11.3 Å². The van der Waals surface area contributed by atoms with Crippen LogP contribution in [-0.2, 0) is 15.1 Å². The number of aliphatic hydroxyl groups is 1. The van der Waals surface area contributed by atoms with Gasteiger partial charge in [-0.05, 0) is 19.8 Å². The van der Waals surface area contributed by atoms with E-state index in [-0.39, 0.29) is 0 Å². The Morgan fingerprint density at radius 3 is 2.41 bits per heavy atom. The van der Waals surface area contributed by atoms with Gasteiger partial charge in [0.15, 0.2) is 5.79 Å². The molecule has 0 atom stereocenters. The minimum Gasteiger partial charge on any atom is -0.384 e. The highest BCUT2D eigenvalue weighted by Crippen LogP contribution is 2.45. The summed E-state index contributed by atoms with van der Waals surface area (Å²) >= 11 is 1.58. The van der Waals surface area contributed by atoms with E-state index >= 15 is 0 Å². The zero-order valence-corrected chi connectivity index (χ0v) is 10.8. The van der Waals surface area contributed by atoms with Gasteiger partial charge in [-0.25, -0.2) is 4.98 Å². The van der Waals surface area contributed by atoms with Gasteiger partial charge in [-0.3, -0.25) is 0 Å². The molecule has 1 aromatic rings. The lowest BCUT2D eigenvalue weighted by Gasteiger charge is -2.39. The SMILES string of the molecule is Cc1ncc(C2(O)CCC3(CC2)OCCO3)s1. The van der Waals surface area contributed by atoms with Gasteiger partial charge in [0, 0.05) is 19.0 Å². The maximum absolute atomic E-state index is 10.7. The Morgan fingerprint density at radius 2 is 1.88 bits per heavy atom. The van der Waals surface area contributed by atoms with E-state index in [9.17, 15) is 5.11 Å². The molecule has 1 N–H and O–H groups in total. The average Bonchev–Trinajstić information content (AvgIpc) is 2.94. The lowest BCUT2D eigenvalue weighted by molar-refractivity contribution is -0.203. The molecule has 0 amide bonds. The van der Waals surface area contributed by atoms with Crippen LogP contribution in [0.1, 0.15) is 35.6 Å². The van der Waals surface area contributed by atoms with Crippen molar-refractivity contribution in [3.05, 3.63) is 16.1 Å². The van der Waals surface area contributed by atoms with E-state index in [1.807, 2.05) is 6.92 Å². The van der Waals surface area contributed by atoms with Crippen molar-refractivity contribution in [1.29, 1.82) is 0 Å². The van der Waals surface area contributed by atoms with E-state index in [0.29, 0.717) is 26.1 Å². The Morgan fingerprint density at radius 1 is 1.24 bits per heavy atom. The van der Waals surface area contributed by atoms with Crippen LogP contribution in [0.5, 0.6) is 0 Å². The third kappa shape index (κ3) is 2.01. The number of thiazole rings is 1. The maximum Gasteiger partial charge on any atom is 0.168 e. The number of hydrogen-bond acceptors (Lipinski definition) is 5. The van der Waals surface area contributed by atoms with Crippen molar-refractivity contribution in [3.63, 3.8) is 0 Å². The summed E-state index contributed by atoms with van der Waals surface area (Å²) in [4.78, 5) is 5.20. The number of nitrogens with zero attached hydrogens (tertiary/aromatic N) is 1. The van der Waals surface area contributed by atoms with Crippen LogP contribution in [0.4, 0.5) is 0 Å². The molecule has 2 heterocycles. The van der Waals surface area contributed by atoms with Crippen molar-refractivity contribution in [3.8, 4) is 0 Å². The second-order valence-electron chi connectivity index (χ2n) is 4.88. The lowest BCUT2D eigenvalue weighted by atomic mass is 9.80. The quantitative estimate of drug-likeness (QED) is 0.833. The van der Waals surface area contributed by atoms with Gasteiger partial charge in [-0.2, -0.15) is 0 Å². The number of rotatable bonds is 1. The molecule has 1 aliphatic heterocycles. The van der Waals surface area contributed by atoms with Crippen LogP contribution < -0.4 is 0 Å². The van der Waals surface area contributed by atoms with Gasteiger partial charge in [-0.15, -0.1) is 11.3 Å². The summed E-state index contributed by atoms with van der Waals surface area (Å²) in [5, 5.41) is 11.7. The summed E-state index contributed by atoms with van der Waals surface area (Å²) in [6, 6.07) is 0. The Bertz CT molecular complexity index is 402. The largest absolute Gasteiger partial charge is 0.384 e. The third-order valence-corrected chi connectivity index (χ3v) is 4.84. The molecule has 1 aliphatic carbocycles. The molecule has 0 bridgehead atoms. The van der Waals surface area contributed by atoms with Crippen LogP contribution in [0.2, 0.25) is 0 Å². The maximum atomic E-state index is 10.7. The van der Waals surface area contributed by atoms with Crippen LogP contribution in [0.25, 0.3) is 0 Å². The fourth-order valence-electron chi connectivity index (χ4n) is 2.65. The zero-order valence-electron chi connectivity index (χ0n) is 9.94. The van der Waals surface area contributed by atoms with E-state index in [4.69, 9.17) is 9.47 Å². The van der Waals surface area contributed by atoms with Gasteiger partial charge in [0.1, 0.15) is 5.60 Å². The molecule has 2 aliphatic rings. The van der Waals surface area contributed by atoms with Gasteiger partial charge in [0.2, 0.25) is 0 Å². The minimum atomic E-state index is -0.730. The molecule has 94 valence electrons. The van der Waals surface area contributed by atoms with Crippen LogP contribution in [-0.4, -0.2) is 29.1 Å². The number of ether oxygens (including phenoxy) is 2. The van der Waals surface area contributed by atoms with E-state index < -0.39 is 11.4 Å². The van der Waals surface area contributed by atoms with Gasteiger partial charge < -0.3 is 14.6 Å². The van der Waals surface area contributed by atoms with Gasteiger partial charge >= 0.3 is 0 Å². The minimum absolute atomic E-state index is 0.411. The molecular formula is C12H17NO3S. The summed E-state index contributed by atoms with van der Waals surface area (Å²) in [7, 11) is 0. The van der Waals surface area contributed by atoms with Crippen molar-refractivity contribution < 1.29 is 14.6 Å². The molecule has 17 heavy (non-hydrogen) atoms. The summed E-state index contributed by atoms with van der Waals surface area (Å²) in [5.41, 5.74) is -0.730.